The Labute approximate surface area is 82.4 Å². The molecule has 0 amide bonds. The number of hydrogen-bond donors (Lipinski definition) is 2. The summed E-state index contributed by atoms with van der Waals surface area (Å²) >= 11 is 0. The fraction of sp³-hybridized carbons (Fsp3) is 0.375. The average molecular weight is 213 g/mol. The second-order valence-electron chi connectivity index (χ2n) is 3.34. The van der Waals surface area contributed by atoms with Crippen molar-refractivity contribution >= 4 is 15.8 Å². The first-order chi connectivity index (χ1) is 6.55. The second-order valence-corrected chi connectivity index (χ2v) is 4.90. The van der Waals surface area contributed by atoms with Gasteiger partial charge in [0.05, 0.1) is 0 Å². The van der Waals surface area contributed by atoms with Crippen LogP contribution < -0.4 is 10.5 Å². The van der Waals surface area contributed by atoms with Crippen LogP contribution in [0.25, 0.3) is 0 Å². The smallest absolute Gasteiger partial charge is 0.239 e. The molecule has 1 aliphatic rings. The first-order valence-electron chi connectivity index (χ1n) is 4.31. The number of anilines is 1. The predicted octanol–water partition coefficient (Wildman–Crippen LogP) is 0.303. The Morgan fingerprint density at radius 2 is 2.14 bits per heavy atom. The first kappa shape index (κ1) is 9.42. The largest absolute Gasteiger partial charge is 0.367 e. The maximum absolute atomic E-state index is 10.9. The highest BCUT2D eigenvalue weighted by molar-refractivity contribution is 7.89. The molecule has 1 aliphatic carbocycles. The van der Waals surface area contributed by atoms with Crippen molar-refractivity contribution in [3.63, 3.8) is 0 Å². The van der Waals surface area contributed by atoms with Crippen LogP contribution in [0.15, 0.2) is 23.2 Å². The highest BCUT2D eigenvalue weighted by Crippen LogP contribution is 2.23. The summed E-state index contributed by atoms with van der Waals surface area (Å²) in [4.78, 5) is 4.00. The third-order valence-electron chi connectivity index (χ3n) is 1.99. The van der Waals surface area contributed by atoms with Gasteiger partial charge in [0.2, 0.25) is 10.0 Å². The maximum Gasteiger partial charge on any atom is 0.239 e. The van der Waals surface area contributed by atoms with Crippen LogP contribution in [-0.2, 0) is 10.0 Å². The highest BCUT2D eigenvalue weighted by Gasteiger charge is 2.21. The Morgan fingerprint density at radius 3 is 2.57 bits per heavy atom. The highest BCUT2D eigenvalue weighted by atomic mass is 32.2. The molecule has 2 rings (SSSR count). The Bertz CT molecular complexity index is 422. The van der Waals surface area contributed by atoms with Gasteiger partial charge in [-0.3, -0.25) is 0 Å². The van der Waals surface area contributed by atoms with Crippen LogP contribution in [0.2, 0.25) is 0 Å². The zero-order valence-corrected chi connectivity index (χ0v) is 8.29. The molecule has 0 unspecified atom stereocenters. The van der Waals surface area contributed by atoms with Crippen molar-refractivity contribution in [3.8, 4) is 0 Å². The quantitative estimate of drug-likeness (QED) is 0.756. The minimum atomic E-state index is -3.62. The third kappa shape index (κ3) is 2.21. The van der Waals surface area contributed by atoms with E-state index < -0.39 is 10.0 Å². The molecule has 3 N–H and O–H groups in total. The number of sulfonamides is 1. The van der Waals surface area contributed by atoms with E-state index >= 15 is 0 Å². The zero-order valence-electron chi connectivity index (χ0n) is 7.47. The number of rotatable bonds is 3. The number of nitrogens with two attached hydrogens (primary N) is 1. The van der Waals surface area contributed by atoms with E-state index in [2.05, 4.69) is 10.3 Å². The zero-order chi connectivity index (χ0) is 10.2. The number of primary sulfonamides is 1. The van der Waals surface area contributed by atoms with Gasteiger partial charge < -0.3 is 5.32 Å². The van der Waals surface area contributed by atoms with Crippen LogP contribution >= 0.6 is 0 Å². The molecule has 1 saturated carbocycles. The van der Waals surface area contributed by atoms with E-state index in [9.17, 15) is 8.42 Å². The molecule has 0 aromatic carbocycles. The molecule has 76 valence electrons. The molecule has 1 aromatic rings. The standard InChI is InChI=1S/C8H11N3O2S/c9-14(12,13)7-3-4-8(10-5-7)11-6-1-2-6/h3-6H,1-2H2,(H,10,11)(H2,9,12,13). The average Bonchev–Trinajstić information content (AvgIpc) is 2.88. The Hall–Kier alpha value is -1.14. The van der Waals surface area contributed by atoms with Gasteiger partial charge in [0.15, 0.2) is 0 Å². The van der Waals surface area contributed by atoms with Crippen LogP contribution in [0, 0.1) is 0 Å². The number of nitrogens with one attached hydrogen (secondary N) is 1. The Balaban J connectivity index is 2.16. The van der Waals surface area contributed by atoms with Crippen LogP contribution in [-0.4, -0.2) is 19.4 Å². The van der Waals surface area contributed by atoms with E-state index in [1.165, 1.54) is 12.3 Å². The van der Waals surface area contributed by atoms with Crippen molar-refractivity contribution in [2.24, 2.45) is 5.14 Å². The third-order valence-corrected chi connectivity index (χ3v) is 2.89. The summed E-state index contributed by atoms with van der Waals surface area (Å²) in [5.74, 6) is 0.694. The number of nitrogens with zero attached hydrogens (tertiary/aromatic N) is 1. The molecule has 1 aromatic heterocycles. The molecule has 0 spiro atoms. The summed E-state index contributed by atoms with van der Waals surface area (Å²) in [5, 5.41) is 8.08. The van der Waals surface area contributed by atoms with Gasteiger partial charge in [0.1, 0.15) is 10.7 Å². The normalized spacial score (nSPS) is 16.6. The lowest BCUT2D eigenvalue weighted by atomic mass is 10.4. The molecule has 1 fully saturated rings. The summed E-state index contributed by atoms with van der Waals surface area (Å²) < 4.78 is 21.8. The fourth-order valence-corrected chi connectivity index (χ4v) is 1.53. The van der Waals surface area contributed by atoms with E-state index in [0.717, 1.165) is 12.8 Å². The molecule has 5 nitrogen and oxygen atoms in total. The Morgan fingerprint density at radius 1 is 1.43 bits per heavy atom. The van der Waals surface area contributed by atoms with Gasteiger partial charge in [-0.25, -0.2) is 18.5 Å². The summed E-state index contributed by atoms with van der Waals surface area (Å²) in [7, 11) is -3.62. The van der Waals surface area contributed by atoms with Crippen molar-refractivity contribution in [2.75, 3.05) is 5.32 Å². The number of aromatic nitrogens is 1. The lowest BCUT2D eigenvalue weighted by Gasteiger charge is -2.03. The van der Waals surface area contributed by atoms with Gasteiger partial charge in [-0.1, -0.05) is 0 Å². The van der Waals surface area contributed by atoms with Gasteiger partial charge in [-0.05, 0) is 25.0 Å². The van der Waals surface area contributed by atoms with Crippen LogP contribution in [0.1, 0.15) is 12.8 Å². The lowest BCUT2D eigenvalue weighted by molar-refractivity contribution is 0.597. The molecular formula is C8H11N3O2S. The summed E-state index contributed by atoms with van der Waals surface area (Å²) in [5.41, 5.74) is 0. The number of hydrogen-bond acceptors (Lipinski definition) is 4. The minimum Gasteiger partial charge on any atom is -0.367 e. The SMILES string of the molecule is NS(=O)(=O)c1ccc(NC2CC2)nc1. The summed E-state index contributed by atoms with van der Waals surface area (Å²) in [6.45, 7) is 0. The van der Waals surface area contributed by atoms with Crippen molar-refractivity contribution in [3.05, 3.63) is 18.3 Å². The molecule has 6 heteroatoms. The molecule has 0 atom stereocenters. The van der Waals surface area contributed by atoms with Gasteiger partial charge >= 0.3 is 0 Å². The van der Waals surface area contributed by atoms with Crippen molar-refractivity contribution in [2.45, 2.75) is 23.8 Å². The van der Waals surface area contributed by atoms with Gasteiger partial charge in [-0.2, -0.15) is 0 Å². The second kappa shape index (κ2) is 3.21. The molecular weight excluding hydrogens is 202 g/mol. The monoisotopic (exact) mass is 213 g/mol. The van der Waals surface area contributed by atoms with Crippen LogP contribution in [0.5, 0.6) is 0 Å². The van der Waals surface area contributed by atoms with Gasteiger partial charge in [0, 0.05) is 12.2 Å². The fourth-order valence-electron chi connectivity index (χ4n) is 1.07. The van der Waals surface area contributed by atoms with Crippen molar-refractivity contribution in [1.82, 2.24) is 4.98 Å². The minimum absolute atomic E-state index is 0.0406. The molecule has 14 heavy (non-hydrogen) atoms. The van der Waals surface area contributed by atoms with Crippen molar-refractivity contribution < 1.29 is 8.42 Å². The van der Waals surface area contributed by atoms with Gasteiger partial charge in [0.25, 0.3) is 0 Å². The molecule has 1 heterocycles. The maximum atomic E-state index is 10.9. The Kier molecular flexibility index (Phi) is 2.16. The summed E-state index contributed by atoms with van der Waals surface area (Å²) in [6.07, 6.45) is 3.57. The van der Waals surface area contributed by atoms with Crippen LogP contribution in [0.4, 0.5) is 5.82 Å². The molecule has 0 saturated heterocycles. The van der Waals surface area contributed by atoms with Gasteiger partial charge in [-0.15, -0.1) is 0 Å². The van der Waals surface area contributed by atoms with E-state index in [1.807, 2.05) is 0 Å². The predicted molar refractivity (Wildman–Crippen MR) is 52.3 cm³/mol. The van der Waals surface area contributed by atoms with E-state index in [4.69, 9.17) is 5.14 Å². The summed E-state index contributed by atoms with van der Waals surface area (Å²) in [6, 6.07) is 3.58. The molecule has 0 radical (unpaired) electrons. The lowest BCUT2D eigenvalue weighted by Crippen LogP contribution is -2.12. The molecule has 0 bridgehead atoms. The van der Waals surface area contributed by atoms with E-state index in [0.29, 0.717) is 11.9 Å². The van der Waals surface area contributed by atoms with E-state index in [-0.39, 0.29) is 4.90 Å². The number of pyridine rings is 1. The molecule has 0 aliphatic heterocycles. The van der Waals surface area contributed by atoms with E-state index in [1.54, 1.807) is 6.07 Å². The topological polar surface area (TPSA) is 85.1 Å². The van der Waals surface area contributed by atoms with Crippen molar-refractivity contribution in [1.29, 1.82) is 0 Å². The first-order valence-corrected chi connectivity index (χ1v) is 5.86. The van der Waals surface area contributed by atoms with Crippen LogP contribution in [0.3, 0.4) is 0 Å².